The summed E-state index contributed by atoms with van der Waals surface area (Å²) in [5.74, 6) is -0.860. The predicted octanol–water partition coefficient (Wildman–Crippen LogP) is 0.775. The first kappa shape index (κ1) is 14.1. The molecule has 6 nitrogen and oxygen atoms in total. The van der Waals surface area contributed by atoms with E-state index in [0.29, 0.717) is 32.2 Å². The number of ether oxygens (including phenoxy) is 1. The molecule has 0 aliphatic carbocycles. The van der Waals surface area contributed by atoms with E-state index < -0.39 is 11.9 Å². The minimum absolute atomic E-state index is 0.0151. The molecule has 0 bridgehead atoms. The second kappa shape index (κ2) is 6.23. The van der Waals surface area contributed by atoms with Gasteiger partial charge >= 0.3 is 12.0 Å². The Hall–Kier alpha value is -1.30. The summed E-state index contributed by atoms with van der Waals surface area (Å²) >= 11 is 0. The summed E-state index contributed by atoms with van der Waals surface area (Å²) < 4.78 is 5.36. The van der Waals surface area contributed by atoms with Gasteiger partial charge in [0.05, 0.1) is 12.5 Å². The van der Waals surface area contributed by atoms with Crippen molar-refractivity contribution in [2.75, 3.05) is 32.8 Å². The van der Waals surface area contributed by atoms with Gasteiger partial charge in [-0.25, -0.2) is 4.79 Å². The average molecular weight is 270 g/mol. The summed E-state index contributed by atoms with van der Waals surface area (Å²) in [5.41, 5.74) is 0. The molecule has 6 heteroatoms. The van der Waals surface area contributed by atoms with Gasteiger partial charge in [0.25, 0.3) is 0 Å². The Bertz CT molecular complexity index is 342. The third-order valence-corrected chi connectivity index (χ3v) is 4.01. The lowest BCUT2D eigenvalue weighted by atomic mass is 9.99. The highest BCUT2D eigenvalue weighted by molar-refractivity contribution is 5.77. The number of carbonyl (C=O) groups excluding carboxylic acids is 1. The summed E-state index contributed by atoms with van der Waals surface area (Å²) in [6, 6.07) is -0.152. The minimum atomic E-state index is -0.816. The molecule has 2 amide bonds. The van der Waals surface area contributed by atoms with E-state index in [9.17, 15) is 9.59 Å². The van der Waals surface area contributed by atoms with Gasteiger partial charge in [0.2, 0.25) is 0 Å². The van der Waals surface area contributed by atoms with Gasteiger partial charge < -0.3 is 20.1 Å². The molecule has 3 atom stereocenters. The molecular formula is C13H22N2O4. The molecule has 2 rings (SSSR count). The maximum Gasteiger partial charge on any atom is 0.317 e. The van der Waals surface area contributed by atoms with Crippen molar-refractivity contribution < 1.29 is 19.4 Å². The number of nitrogens with one attached hydrogen (secondary N) is 1. The zero-order valence-corrected chi connectivity index (χ0v) is 11.3. The normalized spacial score (nSPS) is 31.2. The molecule has 0 radical (unpaired) electrons. The maximum atomic E-state index is 12.0. The van der Waals surface area contributed by atoms with Crippen molar-refractivity contribution >= 4 is 12.0 Å². The van der Waals surface area contributed by atoms with Crippen LogP contribution >= 0.6 is 0 Å². The first-order chi connectivity index (χ1) is 9.08. The molecular weight excluding hydrogens is 248 g/mol. The van der Waals surface area contributed by atoms with Gasteiger partial charge in [0.15, 0.2) is 0 Å². The average Bonchev–Trinajstić information content (AvgIpc) is 2.79. The molecule has 1 unspecified atom stereocenters. The van der Waals surface area contributed by atoms with Gasteiger partial charge in [-0.3, -0.25) is 4.79 Å². The van der Waals surface area contributed by atoms with Crippen LogP contribution in [0.3, 0.4) is 0 Å². The van der Waals surface area contributed by atoms with E-state index >= 15 is 0 Å². The molecule has 2 heterocycles. The maximum absolute atomic E-state index is 12.0. The van der Waals surface area contributed by atoms with E-state index in [0.717, 1.165) is 19.4 Å². The quantitative estimate of drug-likeness (QED) is 0.794. The van der Waals surface area contributed by atoms with E-state index in [2.05, 4.69) is 5.32 Å². The Morgan fingerprint density at radius 1 is 1.42 bits per heavy atom. The molecule has 19 heavy (non-hydrogen) atoms. The highest BCUT2D eigenvalue weighted by atomic mass is 16.5. The van der Waals surface area contributed by atoms with Crippen LogP contribution in [0.1, 0.15) is 19.8 Å². The zero-order valence-electron chi connectivity index (χ0n) is 11.3. The number of carboxylic acid groups (broad SMARTS) is 1. The number of carbonyl (C=O) groups is 2. The first-order valence-electron chi connectivity index (χ1n) is 6.91. The van der Waals surface area contributed by atoms with Crippen molar-refractivity contribution in [3.05, 3.63) is 0 Å². The molecule has 0 saturated carbocycles. The smallest absolute Gasteiger partial charge is 0.317 e. The van der Waals surface area contributed by atoms with Crippen molar-refractivity contribution in [1.29, 1.82) is 0 Å². The molecule has 2 fully saturated rings. The number of amides is 2. The second-order valence-electron chi connectivity index (χ2n) is 5.60. The summed E-state index contributed by atoms with van der Waals surface area (Å²) in [4.78, 5) is 24.6. The molecule has 2 aliphatic rings. The van der Waals surface area contributed by atoms with Crippen molar-refractivity contribution in [1.82, 2.24) is 10.2 Å². The number of nitrogens with zero attached hydrogens (tertiary/aromatic N) is 1. The minimum Gasteiger partial charge on any atom is -0.481 e. The molecule has 0 aromatic carbocycles. The standard InChI is InChI=1S/C13H22N2O4/c1-9-6-15(7-11(9)12(16)17)13(18)14-5-10-3-2-4-19-8-10/h9-11H,2-8H2,1H3,(H,14,18)(H,16,17)/t9-,10?,11-/m1/s1. The van der Waals surface area contributed by atoms with E-state index in [1.807, 2.05) is 6.92 Å². The number of likely N-dealkylation sites (tertiary alicyclic amines) is 1. The molecule has 108 valence electrons. The van der Waals surface area contributed by atoms with Crippen LogP contribution in [0.4, 0.5) is 4.79 Å². The Morgan fingerprint density at radius 3 is 2.79 bits per heavy atom. The number of aliphatic carboxylic acids is 1. The monoisotopic (exact) mass is 270 g/mol. The topological polar surface area (TPSA) is 78.9 Å². The van der Waals surface area contributed by atoms with E-state index in [4.69, 9.17) is 9.84 Å². The van der Waals surface area contributed by atoms with Crippen LogP contribution in [0, 0.1) is 17.8 Å². The largest absolute Gasteiger partial charge is 0.481 e. The zero-order chi connectivity index (χ0) is 13.8. The fraction of sp³-hybridized carbons (Fsp3) is 0.846. The van der Waals surface area contributed by atoms with Crippen LogP contribution in [0.2, 0.25) is 0 Å². The predicted molar refractivity (Wildman–Crippen MR) is 68.8 cm³/mol. The highest BCUT2D eigenvalue weighted by Gasteiger charge is 2.36. The molecule has 2 N–H and O–H groups in total. The Balaban J connectivity index is 1.76. The van der Waals surface area contributed by atoms with Crippen LogP contribution in [0.15, 0.2) is 0 Å². The van der Waals surface area contributed by atoms with Crippen LogP contribution in [-0.4, -0.2) is 54.9 Å². The highest BCUT2D eigenvalue weighted by Crippen LogP contribution is 2.23. The third-order valence-electron chi connectivity index (χ3n) is 4.01. The lowest BCUT2D eigenvalue weighted by molar-refractivity contribution is -0.142. The van der Waals surface area contributed by atoms with Gasteiger partial charge in [0, 0.05) is 26.2 Å². The van der Waals surface area contributed by atoms with Gasteiger partial charge in [0.1, 0.15) is 0 Å². The van der Waals surface area contributed by atoms with Crippen LogP contribution < -0.4 is 5.32 Å². The van der Waals surface area contributed by atoms with Crippen molar-refractivity contribution in [3.63, 3.8) is 0 Å². The van der Waals surface area contributed by atoms with Crippen LogP contribution in [-0.2, 0) is 9.53 Å². The lowest BCUT2D eigenvalue weighted by Crippen LogP contribution is -2.42. The van der Waals surface area contributed by atoms with Gasteiger partial charge in [-0.2, -0.15) is 0 Å². The summed E-state index contributed by atoms with van der Waals surface area (Å²) in [5, 5.41) is 11.9. The number of rotatable bonds is 3. The fourth-order valence-corrected chi connectivity index (χ4v) is 2.77. The Labute approximate surface area is 113 Å². The molecule has 2 aliphatic heterocycles. The lowest BCUT2D eigenvalue weighted by Gasteiger charge is -2.24. The van der Waals surface area contributed by atoms with E-state index in [1.54, 1.807) is 4.90 Å². The van der Waals surface area contributed by atoms with Crippen molar-refractivity contribution in [3.8, 4) is 0 Å². The summed E-state index contributed by atoms with van der Waals surface area (Å²) in [6.07, 6.45) is 2.12. The number of hydrogen-bond acceptors (Lipinski definition) is 3. The third kappa shape index (κ3) is 3.59. The number of hydrogen-bond donors (Lipinski definition) is 2. The Morgan fingerprint density at radius 2 is 2.21 bits per heavy atom. The fourth-order valence-electron chi connectivity index (χ4n) is 2.77. The molecule has 0 aromatic heterocycles. The number of carboxylic acids is 1. The summed E-state index contributed by atoms with van der Waals surface area (Å²) in [6.45, 7) is 4.83. The van der Waals surface area contributed by atoms with E-state index in [1.165, 1.54) is 0 Å². The SMILES string of the molecule is C[C@@H]1CN(C(=O)NCC2CCCOC2)C[C@H]1C(=O)O. The van der Waals surface area contributed by atoms with Crippen LogP contribution in [0.25, 0.3) is 0 Å². The van der Waals surface area contributed by atoms with E-state index in [-0.39, 0.29) is 11.9 Å². The van der Waals surface area contributed by atoms with Crippen molar-refractivity contribution in [2.24, 2.45) is 17.8 Å². The first-order valence-corrected chi connectivity index (χ1v) is 6.91. The molecule has 0 aromatic rings. The van der Waals surface area contributed by atoms with Gasteiger partial charge in [-0.1, -0.05) is 6.92 Å². The van der Waals surface area contributed by atoms with Gasteiger partial charge in [-0.15, -0.1) is 0 Å². The number of urea groups is 1. The summed E-state index contributed by atoms with van der Waals surface area (Å²) in [7, 11) is 0. The molecule has 2 saturated heterocycles. The van der Waals surface area contributed by atoms with Gasteiger partial charge in [-0.05, 0) is 24.7 Å². The van der Waals surface area contributed by atoms with Crippen LogP contribution in [0.5, 0.6) is 0 Å². The van der Waals surface area contributed by atoms with Crippen molar-refractivity contribution in [2.45, 2.75) is 19.8 Å². The second-order valence-corrected chi connectivity index (χ2v) is 5.60. The molecule has 0 spiro atoms. The Kier molecular flexibility index (Phi) is 4.63.